The molecule has 0 radical (unpaired) electrons. The number of thiol groups is 1. The van der Waals surface area contributed by atoms with Gasteiger partial charge in [0, 0.05) is 29.5 Å². The highest BCUT2D eigenvalue weighted by atomic mass is 35.5. The third kappa shape index (κ3) is 8.15. The fourth-order valence-corrected chi connectivity index (χ4v) is 3.63. The van der Waals surface area contributed by atoms with Crippen molar-refractivity contribution in [3.63, 3.8) is 0 Å². The number of ether oxygens (including phenoxy) is 1. The van der Waals surface area contributed by atoms with Gasteiger partial charge >= 0.3 is 6.09 Å². The molecule has 0 aliphatic carbocycles. The summed E-state index contributed by atoms with van der Waals surface area (Å²) in [4.78, 5) is 28.5. The van der Waals surface area contributed by atoms with Crippen molar-refractivity contribution < 1.29 is 14.3 Å². The van der Waals surface area contributed by atoms with Gasteiger partial charge in [0.25, 0.3) is 5.91 Å². The van der Waals surface area contributed by atoms with Gasteiger partial charge in [-0.05, 0) is 57.1 Å². The largest absolute Gasteiger partial charge is 0.442 e. The monoisotopic (exact) mass is 465 g/mol. The number of likely N-dealkylation sites (tertiary alicyclic amines) is 1. The quantitative estimate of drug-likeness (QED) is 0.309. The Kier molecular flexibility index (Phi) is 10.3. The molecule has 6 nitrogen and oxygen atoms in total. The van der Waals surface area contributed by atoms with E-state index < -0.39 is 12.2 Å². The summed E-state index contributed by atoms with van der Waals surface area (Å²) in [6, 6.07) is 0. The SMILES string of the molecule is C=C/C(=C\C=C(/C)N1C[C@H](CNC(=O)/C(S)=C/C=C(\C)Cl)OC1=O)N1CCCCCC1. The second-order valence-corrected chi connectivity index (χ2v) is 8.71. The topological polar surface area (TPSA) is 61.9 Å². The van der Waals surface area contributed by atoms with Crippen LogP contribution in [0.25, 0.3) is 0 Å². The molecule has 2 aliphatic rings. The number of amides is 2. The van der Waals surface area contributed by atoms with Crippen LogP contribution < -0.4 is 5.32 Å². The molecule has 2 saturated heterocycles. The predicted molar refractivity (Wildman–Crippen MR) is 129 cm³/mol. The van der Waals surface area contributed by atoms with E-state index in [1.807, 2.05) is 25.2 Å². The molecule has 31 heavy (non-hydrogen) atoms. The molecule has 0 bridgehead atoms. The first-order chi connectivity index (χ1) is 14.8. The van der Waals surface area contributed by atoms with Crippen molar-refractivity contribution in [3.8, 4) is 0 Å². The Balaban J connectivity index is 1.94. The van der Waals surface area contributed by atoms with Crippen LogP contribution in [-0.2, 0) is 9.53 Å². The van der Waals surface area contributed by atoms with Crippen molar-refractivity contribution in [1.29, 1.82) is 0 Å². The van der Waals surface area contributed by atoms with Gasteiger partial charge in [0.15, 0.2) is 0 Å². The van der Waals surface area contributed by atoms with Crippen molar-refractivity contribution in [1.82, 2.24) is 15.1 Å². The number of rotatable bonds is 8. The molecular formula is C23H32ClN3O3S. The predicted octanol–water partition coefficient (Wildman–Crippen LogP) is 4.73. The number of allylic oxidation sites excluding steroid dienone is 7. The van der Waals surface area contributed by atoms with Crippen LogP contribution in [-0.4, -0.2) is 54.1 Å². The van der Waals surface area contributed by atoms with E-state index in [0.717, 1.165) is 24.5 Å². The molecule has 0 unspecified atom stereocenters. The van der Waals surface area contributed by atoms with Crippen molar-refractivity contribution in [3.05, 3.63) is 58.3 Å². The second kappa shape index (κ2) is 12.7. The minimum atomic E-state index is -0.431. The molecule has 0 aromatic heterocycles. The van der Waals surface area contributed by atoms with Gasteiger partial charge in [-0.25, -0.2) is 4.79 Å². The summed E-state index contributed by atoms with van der Waals surface area (Å²) in [5.74, 6) is -0.352. The van der Waals surface area contributed by atoms with Crippen LogP contribution in [0.5, 0.6) is 0 Å². The maximum absolute atomic E-state index is 12.3. The normalized spacial score (nSPS) is 21.7. The number of nitrogens with zero attached hydrogens (tertiary/aromatic N) is 2. The second-order valence-electron chi connectivity index (χ2n) is 7.64. The van der Waals surface area contributed by atoms with Crippen LogP contribution in [0.4, 0.5) is 4.79 Å². The van der Waals surface area contributed by atoms with E-state index in [0.29, 0.717) is 11.6 Å². The Morgan fingerprint density at radius 2 is 1.87 bits per heavy atom. The number of nitrogens with one attached hydrogen (secondary N) is 1. The van der Waals surface area contributed by atoms with Gasteiger partial charge in [-0.3, -0.25) is 9.69 Å². The molecule has 170 valence electrons. The summed E-state index contributed by atoms with van der Waals surface area (Å²) >= 11 is 9.90. The Bertz CT molecular complexity index is 792. The lowest BCUT2D eigenvalue weighted by molar-refractivity contribution is -0.117. The number of carbonyl (C=O) groups is 2. The highest BCUT2D eigenvalue weighted by Crippen LogP contribution is 2.19. The molecule has 0 spiro atoms. The number of hydrogen-bond acceptors (Lipinski definition) is 5. The minimum absolute atomic E-state index is 0.206. The van der Waals surface area contributed by atoms with Crippen LogP contribution in [0.1, 0.15) is 39.5 Å². The fraction of sp³-hybridized carbons (Fsp3) is 0.478. The van der Waals surface area contributed by atoms with Crippen molar-refractivity contribution in [2.24, 2.45) is 0 Å². The summed E-state index contributed by atoms with van der Waals surface area (Å²) in [7, 11) is 0. The van der Waals surface area contributed by atoms with Gasteiger partial charge in [-0.2, -0.15) is 0 Å². The van der Waals surface area contributed by atoms with E-state index in [4.69, 9.17) is 16.3 Å². The first kappa shape index (κ1) is 25.1. The Morgan fingerprint density at radius 3 is 2.48 bits per heavy atom. The van der Waals surface area contributed by atoms with Crippen LogP contribution in [0.2, 0.25) is 0 Å². The molecule has 2 fully saturated rings. The number of carbonyl (C=O) groups excluding carboxylic acids is 2. The Morgan fingerprint density at radius 1 is 1.19 bits per heavy atom. The molecular weight excluding hydrogens is 434 g/mol. The minimum Gasteiger partial charge on any atom is -0.442 e. The fourth-order valence-electron chi connectivity index (χ4n) is 3.41. The average Bonchev–Trinajstić information content (AvgIpc) is 2.93. The van der Waals surface area contributed by atoms with Gasteiger partial charge in [0.2, 0.25) is 0 Å². The van der Waals surface area contributed by atoms with Gasteiger partial charge in [-0.1, -0.05) is 31.0 Å². The van der Waals surface area contributed by atoms with Gasteiger partial charge in [0.1, 0.15) is 6.10 Å². The van der Waals surface area contributed by atoms with Crippen molar-refractivity contribution >= 4 is 36.2 Å². The first-order valence-electron chi connectivity index (χ1n) is 10.6. The van der Waals surface area contributed by atoms with E-state index in [1.165, 1.54) is 31.8 Å². The lowest BCUT2D eigenvalue weighted by Gasteiger charge is -2.23. The molecule has 2 heterocycles. The highest BCUT2D eigenvalue weighted by molar-refractivity contribution is 7.85. The van der Waals surface area contributed by atoms with Gasteiger partial charge in [-0.15, -0.1) is 12.6 Å². The lowest BCUT2D eigenvalue weighted by atomic mass is 10.2. The van der Waals surface area contributed by atoms with E-state index in [1.54, 1.807) is 17.9 Å². The van der Waals surface area contributed by atoms with E-state index in [9.17, 15) is 9.59 Å². The third-order valence-corrected chi connectivity index (χ3v) is 5.65. The maximum Gasteiger partial charge on any atom is 0.414 e. The van der Waals surface area contributed by atoms with Crippen LogP contribution in [0, 0.1) is 0 Å². The maximum atomic E-state index is 12.3. The zero-order chi connectivity index (χ0) is 22.8. The zero-order valence-electron chi connectivity index (χ0n) is 18.3. The standard InChI is InChI=1S/C23H32ClN3O3S/c1-4-19(26-13-7-5-6-8-14-26)11-10-18(3)27-16-20(30-23(27)29)15-25-22(28)21(31)12-9-17(2)24/h4,9-12,20,31H,1,5-8,13-16H2,2-3H3,(H,25,28)/b17-9+,18-10+,19-11+,21-12-/t20-/m0/s1. The molecule has 8 heteroatoms. The third-order valence-electron chi connectivity index (χ3n) is 5.17. The number of hydrogen-bond donors (Lipinski definition) is 2. The lowest BCUT2D eigenvalue weighted by Crippen LogP contribution is -2.34. The van der Waals surface area contributed by atoms with Gasteiger partial charge in [0.05, 0.1) is 18.0 Å². The van der Waals surface area contributed by atoms with Crippen molar-refractivity contribution in [2.45, 2.75) is 45.6 Å². The highest BCUT2D eigenvalue weighted by Gasteiger charge is 2.32. The van der Waals surface area contributed by atoms with Crippen LogP contribution in [0.15, 0.2) is 58.3 Å². The van der Waals surface area contributed by atoms with Crippen LogP contribution >= 0.6 is 24.2 Å². The molecule has 2 aliphatic heterocycles. The van der Waals surface area contributed by atoms with Gasteiger partial charge < -0.3 is 15.0 Å². The molecule has 0 aromatic carbocycles. The smallest absolute Gasteiger partial charge is 0.414 e. The van der Waals surface area contributed by atoms with Crippen LogP contribution in [0.3, 0.4) is 0 Å². The Labute approximate surface area is 195 Å². The summed E-state index contributed by atoms with van der Waals surface area (Å²) in [6.07, 6.45) is 12.9. The van der Waals surface area contributed by atoms with Crippen molar-refractivity contribution in [2.75, 3.05) is 26.2 Å². The molecule has 2 amide bonds. The van der Waals surface area contributed by atoms with E-state index >= 15 is 0 Å². The van der Waals surface area contributed by atoms with E-state index in [-0.39, 0.29) is 17.4 Å². The average molecular weight is 466 g/mol. The molecule has 0 saturated carbocycles. The molecule has 1 atom stereocenters. The number of cyclic esters (lactones) is 1. The zero-order valence-corrected chi connectivity index (χ0v) is 19.9. The summed E-state index contributed by atoms with van der Waals surface area (Å²) < 4.78 is 5.39. The summed E-state index contributed by atoms with van der Waals surface area (Å²) in [6.45, 7) is 10.2. The first-order valence-corrected chi connectivity index (χ1v) is 11.4. The molecule has 0 aromatic rings. The number of halogens is 1. The Hall–Kier alpha value is -2.12. The molecule has 1 N–H and O–H groups in total. The summed E-state index contributed by atoms with van der Waals surface area (Å²) in [5.41, 5.74) is 1.84. The molecule has 2 rings (SSSR count). The van der Waals surface area contributed by atoms with E-state index in [2.05, 4.69) is 29.4 Å². The summed E-state index contributed by atoms with van der Waals surface area (Å²) in [5, 5.41) is 3.27.